The normalized spacial score (nSPS) is 12.8. The van der Waals surface area contributed by atoms with Gasteiger partial charge in [0.05, 0.1) is 0 Å². The highest BCUT2D eigenvalue weighted by atomic mass is 14.7. The van der Waals surface area contributed by atoms with Crippen LogP contribution in [0.3, 0.4) is 0 Å². The van der Waals surface area contributed by atoms with Crippen LogP contribution in [-0.2, 0) is 12.8 Å². The van der Waals surface area contributed by atoms with Crippen molar-refractivity contribution in [2.45, 2.75) is 45.6 Å². The van der Waals surface area contributed by atoms with Gasteiger partial charge in [-0.05, 0) is 51.2 Å². The van der Waals surface area contributed by atoms with Crippen LogP contribution in [0.25, 0.3) is 0 Å². The van der Waals surface area contributed by atoms with Gasteiger partial charge in [0.15, 0.2) is 0 Å². The fourth-order valence-electron chi connectivity index (χ4n) is 1.51. The summed E-state index contributed by atoms with van der Waals surface area (Å²) in [5, 5.41) is 0. The molecule has 0 spiro atoms. The molecule has 1 aliphatic carbocycles. The third kappa shape index (κ3) is 7.24. The third-order valence-electron chi connectivity index (χ3n) is 2.01. The zero-order valence-electron chi connectivity index (χ0n) is 10.9. The van der Waals surface area contributed by atoms with E-state index in [4.69, 9.17) is 5.73 Å². The molecule has 0 bridgehead atoms. The van der Waals surface area contributed by atoms with Crippen LogP contribution in [0.4, 0.5) is 0 Å². The molecular formula is C15H27N. The summed E-state index contributed by atoms with van der Waals surface area (Å²) >= 11 is 0. The third-order valence-corrected chi connectivity index (χ3v) is 2.01. The molecule has 2 N–H and O–H groups in total. The van der Waals surface area contributed by atoms with Crippen LogP contribution in [0, 0.1) is 0 Å². The molecule has 0 amide bonds. The molecule has 0 saturated heterocycles. The molecule has 0 radical (unpaired) electrons. The Hall–Kier alpha value is -1.08. The zero-order valence-corrected chi connectivity index (χ0v) is 10.9. The minimum absolute atomic E-state index is 0. The molecule has 0 aromatic heterocycles. The van der Waals surface area contributed by atoms with Crippen LogP contribution in [0.2, 0.25) is 0 Å². The molecule has 0 saturated carbocycles. The second kappa shape index (κ2) is 7.24. The van der Waals surface area contributed by atoms with E-state index in [2.05, 4.69) is 37.4 Å². The van der Waals surface area contributed by atoms with E-state index < -0.39 is 0 Å². The molecular weight excluding hydrogens is 194 g/mol. The van der Waals surface area contributed by atoms with E-state index in [1.807, 2.05) is 20.8 Å². The van der Waals surface area contributed by atoms with E-state index >= 15 is 0 Å². The van der Waals surface area contributed by atoms with Crippen molar-refractivity contribution < 1.29 is 1.43 Å². The molecule has 1 aliphatic rings. The van der Waals surface area contributed by atoms with Gasteiger partial charge in [-0.2, -0.15) is 0 Å². The SMILES string of the molecule is C=C.CC(C)(C)N.[HH].c1ccc2c(c1)CCC2. The van der Waals surface area contributed by atoms with Gasteiger partial charge < -0.3 is 5.73 Å². The summed E-state index contributed by atoms with van der Waals surface area (Å²) in [7, 11) is 0. The molecule has 1 aromatic carbocycles. The fourth-order valence-corrected chi connectivity index (χ4v) is 1.51. The first-order valence-electron chi connectivity index (χ1n) is 5.82. The van der Waals surface area contributed by atoms with E-state index in [9.17, 15) is 0 Å². The second-order valence-electron chi connectivity index (χ2n) is 4.99. The largest absolute Gasteiger partial charge is 0.326 e. The minimum atomic E-state index is 0. The lowest BCUT2D eigenvalue weighted by molar-refractivity contribution is 0.580. The monoisotopic (exact) mass is 221 g/mol. The Morgan fingerprint density at radius 3 is 1.69 bits per heavy atom. The lowest BCUT2D eigenvalue weighted by atomic mass is 10.1. The van der Waals surface area contributed by atoms with Gasteiger partial charge in [0.1, 0.15) is 0 Å². The van der Waals surface area contributed by atoms with Crippen LogP contribution in [0.15, 0.2) is 37.4 Å². The molecule has 0 unspecified atom stereocenters. The van der Waals surface area contributed by atoms with Gasteiger partial charge in [-0.25, -0.2) is 0 Å². The Bertz CT molecular complexity index is 273. The number of hydrogen-bond donors (Lipinski definition) is 1. The standard InChI is InChI=1S/C9H10.C4H11N.C2H4.H2/c1-2-5-9-7-3-6-8(9)4-1;1-4(2,3)5;1-2;/h1-2,4-5H,3,6-7H2;5H2,1-3H3;1-2H2;1H. The lowest BCUT2D eigenvalue weighted by Crippen LogP contribution is -2.26. The van der Waals surface area contributed by atoms with E-state index in [-0.39, 0.29) is 6.97 Å². The van der Waals surface area contributed by atoms with Gasteiger partial charge in [-0.3, -0.25) is 0 Å². The Balaban J connectivity index is 0. The predicted molar refractivity (Wildman–Crippen MR) is 75.8 cm³/mol. The first-order valence-corrected chi connectivity index (χ1v) is 5.82. The summed E-state index contributed by atoms with van der Waals surface area (Å²) in [6, 6.07) is 8.74. The summed E-state index contributed by atoms with van der Waals surface area (Å²) in [5.74, 6) is 0. The van der Waals surface area contributed by atoms with Crippen molar-refractivity contribution in [1.29, 1.82) is 0 Å². The van der Waals surface area contributed by atoms with Crippen molar-refractivity contribution in [2.24, 2.45) is 5.73 Å². The van der Waals surface area contributed by atoms with Gasteiger partial charge in [0.25, 0.3) is 0 Å². The molecule has 92 valence electrons. The second-order valence-corrected chi connectivity index (χ2v) is 4.99. The van der Waals surface area contributed by atoms with Crippen LogP contribution in [-0.4, -0.2) is 5.54 Å². The first kappa shape index (κ1) is 14.9. The molecule has 0 atom stereocenters. The average molecular weight is 221 g/mol. The maximum atomic E-state index is 5.35. The lowest BCUT2D eigenvalue weighted by Gasteiger charge is -2.06. The Morgan fingerprint density at radius 2 is 1.38 bits per heavy atom. The smallest absolute Gasteiger partial charge is 0.00686 e. The number of rotatable bonds is 0. The topological polar surface area (TPSA) is 26.0 Å². The van der Waals surface area contributed by atoms with Crippen LogP contribution >= 0.6 is 0 Å². The number of nitrogens with two attached hydrogens (primary N) is 1. The van der Waals surface area contributed by atoms with Crippen molar-refractivity contribution >= 4 is 0 Å². The highest BCUT2D eigenvalue weighted by molar-refractivity contribution is 5.30. The average Bonchev–Trinajstić information content (AvgIpc) is 2.66. The molecule has 1 heteroatoms. The van der Waals surface area contributed by atoms with Gasteiger partial charge in [-0.15, -0.1) is 13.2 Å². The van der Waals surface area contributed by atoms with Crippen LogP contribution in [0.1, 0.15) is 39.7 Å². The number of benzene rings is 1. The van der Waals surface area contributed by atoms with Gasteiger partial charge in [0.2, 0.25) is 0 Å². The number of hydrogen-bond acceptors (Lipinski definition) is 1. The molecule has 1 nitrogen and oxygen atoms in total. The van der Waals surface area contributed by atoms with Crippen LogP contribution < -0.4 is 5.73 Å². The van der Waals surface area contributed by atoms with E-state index in [0.29, 0.717) is 0 Å². The van der Waals surface area contributed by atoms with Crippen molar-refractivity contribution in [3.8, 4) is 0 Å². The summed E-state index contributed by atoms with van der Waals surface area (Å²) in [6.45, 7) is 11.9. The zero-order chi connectivity index (χ0) is 12.6. The maximum Gasteiger partial charge on any atom is 0.00686 e. The summed E-state index contributed by atoms with van der Waals surface area (Å²) < 4.78 is 0. The molecule has 16 heavy (non-hydrogen) atoms. The molecule has 2 rings (SSSR count). The van der Waals surface area contributed by atoms with Gasteiger partial charge >= 0.3 is 0 Å². The minimum Gasteiger partial charge on any atom is -0.326 e. The summed E-state index contributed by atoms with van der Waals surface area (Å²) in [6.07, 6.45) is 3.96. The van der Waals surface area contributed by atoms with Crippen LogP contribution in [0.5, 0.6) is 0 Å². The Labute approximate surface area is 102 Å². The van der Waals surface area contributed by atoms with Gasteiger partial charge in [-0.1, -0.05) is 24.3 Å². The summed E-state index contributed by atoms with van der Waals surface area (Å²) in [5.41, 5.74) is 8.49. The van der Waals surface area contributed by atoms with Crippen molar-refractivity contribution in [1.82, 2.24) is 0 Å². The van der Waals surface area contributed by atoms with E-state index in [1.54, 1.807) is 11.1 Å². The number of fused-ring (bicyclic) bond motifs is 1. The van der Waals surface area contributed by atoms with Crippen molar-refractivity contribution in [3.63, 3.8) is 0 Å². The van der Waals surface area contributed by atoms with E-state index in [0.717, 1.165) is 0 Å². The quantitative estimate of drug-likeness (QED) is 0.659. The van der Waals surface area contributed by atoms with Gasteiger partial charge in [0, 0.05) is 6.97 Å². The predicted octanol–water partition coefficient (Wildman–Crippen LogP) is 3.97. The first-order chi connectivity index (χ1) is 7.47. The number of aryl methyl sites for hydroxylation is 2. The fraction of sp³-hybridized carbons (Fsp3) is 0.467. The Morgan fingerprint density at radius 1 is 1.06 bits per heavy atom. The van der Waals surface area contributed by atoms with Crippen molar-refractivity contribution in [3.05, 3.63) is 48.6 Å². The maximum absolute atomic E-state index is 5.35. The Kier molecular flexibility index (Phi) is 6.75. The highest BCUT2D eigenvalue weighted by Gasteiger charge is 2.07. The molecule has 0 aliphatic heterocycles. The van der Waals surface area contributed by atoms with E-state index in [1.165, 1.54) is 19.3 Å². The molecule has 0 fully saturated rings. The molecule has 0 heterocycles. The highest BCUT2D eigenvalue weighted by Crippen LogP contribution is 2.20. The molecule has 1 aromatic rings. The van der Waals surface area contributed by atoms with Crippen molar-refractivity contribution in [2.75, 3.05) is 0 Å². The summed E-state index contributed by atoms with van der Waals surface area (Å²) in [4.78, 5) is 0.